The highest BCUT2D eigenvalue weighted by atomic mass is 28.4. The van der Waals surface area contributed by atoms with Crippen LogP contribution in [0.5, 0.6) is 0 Å². The van der Waals surface area contributed by atoms with Crippen LogP contribution in [-0.4, -0.2) is 36.2 Å². The fourth-order valence-corrected chi connectivity index (χ4v) is 5.01. The van der Waals surface area contributed by atoms with E-state index < -0.39 is 13.2 Å². The van der Waals surface area contributed by atoms with Crippen molar-refractivity contribution in [3.05, 3.63) is 75.5 Å². The molecule has 0 unspecified atom stereocenters. The van der Waals surface area contributed by atoms with Crippen LogP contribution in [0.25, 0.3) is 5.57 Å². The van der Waals surface area contributed by atoms with Crippen molar-refractivity contribution in [2.24, 2.45) is 0 Å². The van der Waals surface area contributed by atoms with E-state index in [-0.39, 0.29) is 17.0 Å². The van der Waals surface area contributed by atoms with Crippen LogP contribution in [0.15, 0.2) is 48.7 Å². The molecule has 32 heavy (non-hydrogen) atoms. The highest BCUT2D eigenvalue weighted by Gasteiger charge is 2.38. The van der Waals surface area contributed by atoms with Crippen molar-refractivity contribution in [1.82, 2.24) is 9.88 Å². The van der Waals surface area contributed by atoms with Crippen LogP contribution in [0.3, 0.4) is 0 Å². The second-order valence-corrected chi connectivity index (χ2v) is 14.9. The summed E-state index contributed by atoms with van der Waals surface area (Å²) < 4.78 is 6.53. The lowest BCUT2D eigenvalue weighted by molar-refractivity contribution is -0.389. The molecule has 0 fully saturated rings. The molecule has 6 nitrogen and oxygen atoms in total. The van der Waals surface area contributed by atoms with E-state index >= 15 is 0 Å². The zero-order valence-corrected chi connectivity index (χ0v) is 21.1. The van der Waals surface area contributed by atoms with Gasteiger partial charge in [-0.3, -0.25) is 4.90 Å². The molecule has 0 saturated carbocycles. The van der Waals surface area contributed by atoms with Crippen LogP contribution < -0.4 is 0 Å². The van der Waals surface area contributed by atoms with Gasteiger partial charge >= 0.3 is 5.82 Å². The molecule has 0 amide bonds. The molecular formula is C25H35N3O3Si. The Morgan fingerprint density at radius 1 is 1.19 bits per heavy atom. The van der Waals surface area contributed by atoms with E-state index in [1.165, 1.54) is 22.8 Å². The molecule has 0 spiro atoms. The SMILES string of the molecule is C[C@@H](O[Si](C)(C)C(C)(C)C)c1ccc(CN2CC=C(c3ccc([N+](=O)[O-])nc3)CC2)cc1. The van der Waals surface area contributed by atoms with Gasteiger partial charge in [-0.05, 0) is 64.2 Å². The fraction of sp³-hybridized carbons (Fsp3) is 0.480. The topological polar surface area (TPSA) is 68.5 Å². The lowest BCUT2D eigenvalue weighted by Gasteiger charge is -2.38. The quantitative estimate of drug-likeness (QED) is 0.277. The summed E-state index contributed by atoms with van der Waals surface area (Å²) in [5.41, 5.74) is 4.69. The van der Waals surface area contributed by atoms with E-state index in [2.05, 4.69) is 81.0 Å². The summed E-state index contributed by atoms with van der Waals surface area (Å²) in [7, 11) is -1.80. The molecule has 1 aliphatic heterocycles. The molecule has 2 aromatic rings. The Morgan fingerprint density at radius 3 is 2.38 bits per heavy atom. The van der Waals surface area contributed by atoms with Crippen molar-refractivity contribution >= 4 is 19.7 Å². The Bertz CT molecular complexity index is 963. The number of rotatable bonds is 7. The molecule has 1 aromatic heterocycles. The predicted molar refractivity (Wildman–Crippen MR) is 132 cm³/mol. The van der Waals surface area contributed by atoms with Gasteiger partial charge in [0.1, 0.15) is 6.20 Å². The molecule has 2 heterocycles. The number of nitro groups is 1. The standard InChI is InChI=1S/C25H35N3O3Si/c1-19(31-32(5,6)25(2,3)4)21-9-7-20(8-10-21)18-27-15-13-22(14-16-27)23-11-12-24(26-17-23)28(29)30/h7-13,17,19H,14-16,18H2,1-6H3/t19-/m1/s1. The van der Waals surface area contributed by atoms with Gasteiger partial charge in [0.25, 0.3) is 0 Å². The van der Waals surface area contributed by atoms with Gasteiger partial charge in [-0.15, -0.1) is 0 Å². The van der Waals surface area contributed by atoms with Crippen molar-refractivity contribution in [3.63, 3.8) is 0 Å². The molecule has 7 heteroatoms. The molecule has 1 atom stereocenters. The minimum atomic E-state index is -1.80. The van der Waals surface area contributed by atoms with Crippen LogP contribution in [0.4, 0.5) is 5.82 Å². The first kappa shape index (κ1) is 24.3. The molecule has 0 aliphatic carbocycles. The number of hydrogen-bond donors (Lipinski definition) is 0. The van der Waals surface area contributed by atoms with Gasteiger partial charge in [0.2, 0.25) is 0 Å². The third-order valence-corrected chi connectivity index (χ3v) is 11.3. The first-order valence-corrected chi connectivity index (χ1v) is 14.2. The summed E-state index contributed by atoms with van der Waals surface area (Å²) >= 11 is 0. The van der Waals surface area contributed by atoms with Gasteiger partial charge in [0, 0.05) is 31.3 Å². The highest BCUT2D eigenvalue weighted by molar-refractivity contribution is 6.74. The van der Waals surface area contributed by atoms with Gasteiger partial charge < -0.3 is 14.5 Å². The summed E-state index contributed by atoms with van der Waals surface area (Å²) in [6.07, 6.45) is 4.82. The van der Waals surface area contributed by atoms with Crippen LogP contribution in [0.1, 0.15) is 56.9 Å². The molecule has 0 saturated heterocycles. The van der Waals surface area contributed by atoms with Crippen molar-refractivity contribution < 1.29 is 9.35 Å². The number of benzene rings is 1. The van der Waals surface area contributed by atoms with Crippen LogP contribution in [0, 0.1) is 10.1 Å². The smallest absolute Gasteiger partial charge is 0.363 e. The lowest BCUT2D eigenvalue weighted by atomic mass is 10.0. The van der Waals surface area contributed by atoms with Gasteiger partial charge in [-0.2, -0.15) is 0 Å². The minimum absolute atomic E-state index is 0.0979. The maximum atomic E-state index is 10.8. The molecule has 172 valence electrons. The Kier molecular flexibility index (Phi) is 7.32. The van der Waals surface area contributed by atoms with Gasteiger partial charge in [0.15, 0.2) is 8.32 Å². The molecule has 0 radical (unpaired) electrons. The van der Waals surface area contributed by atoms with Gasteiger partial charge in [-0.1, -0.05) is 51.1 Å². The average Bonchev–Trinajstić information content (AvgIpc) is 2.74. The highest BCUT2D eigenvalue weighted by Crippen LogP contribution is 2.39. The minimum Gasteiger partial charge on any atom is -0.410 e. The maximum Gasteiger partial charge on any atom is 0.363 e. The number of aromatic nitrogens is 1. The second kappa shape index (κ2) is 9.64. The van der Waals surface area contributed by atoms with Crippen LogP contribution in [-0.2, 0) is 11.0 Å². The molecule has 1 aromatic carbocycles. The number of pyridine rings is 1. The van der Waals surface area contributed by atoms with Gasteiger partial charge in [0.05, 0.1) is 6.10 Å². The zero-order chi connectivity index (χ0) is 23.5. The van der Waals surface area contributed by atoms with E-state index in [0.29, 0.717) is 0 Å². The van der Waals surface area contributed by atoms with Gasteiger partial charge in [-0.25, -0.2) is 0 Å². The van der Waals surface area contributed by atoms with Crippen molar-refractivity contribution in [2.75, 3.05) is 13.1 Å². The second-order valence-electron chi connectivity index (χ2n) is 10.1. The maximum absolute atomic E-state index is 10.8. The van der Waals surface area contributed by atoms with E-state index in [1.54, 1.807) is 12.3 Å². The lowest BCUT2D eigenvalue weighted by Crippen LogP contribution is -2.41. The van der Waals surface area contributed by atoms with Crippen LogP contribution >= 0.6 is 0 Å². The Hall–Kier alpha value is -2.35. The average molecular weight is 454 g/mol. The Balaban J connectivity index is 1.57. The molecule has 3 rings (SSSR count). The fourth-order valence-electron chi connectivity index (χ4n) is 3.64. The first-order valence-electron chi connectivity index (χ1n) is 11.2. The van der Waals surface area contributed by atoms with E-state index in [1.807, 2.05) is 0 Å². The normalized spacial score (nSPS) is 16.5. The largest absolute Gasteiger partial charge is 0.410 e. The molecule has 0 N–H and O–H groups in total. The predicted octanol–water partition coefficient (Wildman–Crippen LogP) is 6.36. The Labute approximate surface area is 192 Å². The van der Waals surface area contributed by atoms with Crippen molar-refractivity contribution in [2.45, 2.75) is 64.9 Å². The summed E-state index contributed by atoms with van der Waals surface area (Å²) in [6, 6.07) is 12.1. The van der Waals surface area contributed by atoms with Crippen molar-refractivity contribution in [1.29, 1.82) is 0 Å². The first-order chi connectivity index (χ1) is 15.0. The van der Waals surface area contributed by atoms with E-state index in [0.717, 1.165) is 31.6 Å². The summed E-state index contributed by atoms with van der Waals surface area (Å²) in [5, 5.41) is 11.0. The van der Waals surface area contributed by atoms with Crippen molar-refractivity contribution in [3.8, 4) is 0 Å². The summed E-state index contributed by atoms with van der Waals surface area (Å²) in [4.78, 5) is 16.7. The van der Waals surface area contributed by atoms with E-state index in [9.17, 15) is 10.1 Å². The summed E-state index contributed by atoms with van der Waals surface area (Å²) in [6.45, 7) is 16.3. The zero-order valence-electron chi connectivity index (χ0n) is 20.1. The molecule has 0 bridgehead atoms. The number of nitrogens with zero attached hydrogens (tertiary/aromatic N) is 3. The Morgan fingerprint density at radius 2 is 1.88 bits per heavy atom. The number of hydrogen-bond acceptors (Lipinski definition) is 5. The van der Waals surface area contributed by atoms with E-state index in [4.69, 9.17) is 4.43 Å². The third-order valence-electron chi connectivity index (χ3n) is 6.73. The summed E-state index contributed by atoms with van der Waals surface area (Å²) in [5.74, 6) is -0.112. The third kappa shape index (κ3) is 5.91. The molecule has 1 aliphatic rings. The molecular weight excluding hydrogens is 418 g/mol. The monoisotopic (exact) mass is 453 g/mol. The van der Waals surface area contributed by atoms with Crippen LogP contribution in [0.2, 0.25) is 18.1 Å².